The molecule has 0 radical (unpaired) electrons. The van der Waals surface area contributed by atoms with Gasteiger partial charge in [-0.25, -0.2) is 0 Å². The molecule has 1 rings (SSSR count). The summed E-state index contributed by atoms with van der Waals surface area (Å²) >= 11 is 0. The maximum absolute atomic E-state index is 11.8. The molecule has 0 spiro atoms. The molecule has 0 aromatic carbocycles. The van der Waals surface area contributed by atoms with E-state index in [0.717, 1.165) is 6.42 Å². The van der Waals surface area contributed by atoms with Gasteiger partial charge in [-0.1, -0.05) is 0 Å². The van der Waals surface area contributed by atoms with Gasteiger partial charge in [0.1, 0.15) is 13.2 Å². The van der Waals surface area contributed by atoms with Crippen LogP contribution >= 0.6 is 0 Å². The summed E-state index contributed by atoms with van der Waals surface area (Å²) < 4.78 is 39.7. The molecule has 2 unspecified atom stereocenters. The molecule has 0 bridgehead atoms. The van der Waals surface area contributed by atoms with Crippen LogP contribution in [0.3, 0.4) is 0 Å². The first kappa shape index (κ1) is 14.2. The van der Waals surface area contributed by atoms with Crippen molar-refractivity contribution in [2.45, 2.75) is 25.6 Å². The highest BCUT2D eigenvalue weighted by Crippen LogP contribution is 2.19. The number of carbonyl (C=O) groups excluding carboxylic acids is 1. The van der Waals surface area contributed by atoms with Gasteiger partial charge in [-0.05, 0) is 19.3 Å². The second-order valence-corrected chi connectivity index (χ2v) is 4.36. The third-order valence-corrected chi connectivity index (χ3v) is 2.81. The predicted octanol–water partition coefficient (Wildman–Crippen LogP) is 0.761. The van der Waals surface area contributed by atoms with Gasteiger partial charge in [0.05, 0.1) is 0 Å². The minimum Gasteiger partial charge on any atom is -0.362 e. The zero-order chi connectivity index (χ0) is 13.1. The van der Waals surface area contributed by atoms with Crippen molar-refractivity contribution in [2.75, 3.05) is 26.3 Å². The average Bonchev–Trinajstić information content (AvgIpc) is 2.63. The lowest BCUT2D eigenvalue weighted by atomic mass is 10.0. The first-order valence-corrected chi connectivity index (χ1v) is 5.47. The monoisotopic (exact) mass is 254 g/mol. The smallest absolute Gasteiger partial charge is 0.362 e. The molecule has 2 atom stereocenters. The molecule has 4 nitrogen and oxygen atoms in total. The number of halogens is 3. The minimum absolute atomic E-state index is 0.0103. The van der Waals surface area contributed by atoms with Gasteiger partial charge in [0.15, 0.2) is 0 Å². The fourth-order valence-corrected chi connectivity index (χ4v) is 1.79. The number of carbonyl (C=O) groups is 1. The average molecular weight is 254 g/mol. The van der Waals surface area contributed by atoms with Crippen molar-refractivity contribution in [3.05, 3.63) is 0 Å². The van der Waals surface area contributed by atoms with Crippen LogP contribution in [-0.4, -0.2) is 49.3 Å². The molecular formula is C10H17F3N2O2. The quantitative estimate of drug-likeness (QED) is 0.806. The van der Waals surface area contributed by atoms with Gasteiger partial charge in [-0.15, -0.1) is 0 Å². The van der Waals surface area contributed by atoms with E-state index in [1.165, 1.54) is 4.90 Å². The number of nitrogens with two attached hydrogens (primary N) is 1. The second-order valence-electron chi connectivity index (χ2n) is 4.36. The Labute approximate surface area is 97.9 Å². The van der Waals surface area contributed by atoms with Crippen molar-refractivity contribution >= 4 is 5.91 Å². The highest BCUT2D eigenvalue weighted by molar-refractivity contribution is 5.77. The molecule has 100 valence electrons. The SMILES string of the molecule is CC(N)C1CCN(C(=O)COCC(F)(F)F)C1. The maximum Gasteiger partial charge on any atom is 0.411 e. The molecule has 1 aliphatic rings. The molecule has 2 N–H and O–H groups in total. The van der Waals surface area contributed by atoms with E-state index in [2.05, 4.69) is 4.74 Å². The van der Waals surface area contributed by atoms with Gasteiger partial charge in [-0.3, -0.25) is 4.79 Å². The van der Waals surface area contributed by atoms with Gasteiger partial charge in [0.2, 0.25) is 5.91 Å². The summed E-state index contributed by atoms with van der Waals surface area (Å²) in [7, 11) is 0. The van der Waals surface area contributed by atoms with Crippen LogP contribution in [0.1, 0.15) is 13.3 Å². The lowest BCUT2D eigenvalue weighted by Crippen LogP contribution is -2.35. The van der Waals surface area contributed by atoms with Crippen molar-refractivity contribution in [2.24, 2.45) is 11.7 Å². The summed E-state index contributed by atoms with van der Waals surface area (Å²) in [6.07, 6.45) is -3.59. The molecule has 1 saturated heterocycles. The number of nitrogens with zero attached hydrogens (tertiary/aromatic N) is 1. The van der Waals surface area contributed by atoms with Crippen LogP contribution in [0.15, 0.2) is 0 Å². The Hall–Kier alpha value is -0.820. The summed E-state index contributed by atoms with van der Waals surface area (Å²) in [4.78, 5) is 13.0. The third kappa shape index (κ3) is 4.91. The molecule has 1 heterocycles. The zero-order valence-corrected chi connectivity index (χ0v) is 9.67. The van der Waals surface area contributed by atoms with Crippen LogP contribution in [0, 0.1) is 5.92 Å². The van der Waals surface area contributed by atoms with Crippen LogP contribution in [0.4, 0.5) is 13.2 Å². The van der Waals surface area contributed by atoms with E-state index in [-0.39, 0.29) is 12.0 Å². The molecule has 7 heteroatoms. The van der Waals surface area contributed by atoms with E-state index in [4.69, 9.17) is 5.73 Å². The maximum atomic E-state index is 11.8. The topological polar surface area (TPSA) is 55.6 Å². The largest absolute Gasteiger partial charge is 0.411 e. The zero-order valence-electron chi connectivity index (χ0n) is 9.67. The number of hydrogen-bond donors (Lipinski definition) is 1. The first-order valence-electron chi connectivity index (χ1n) is 5.47. The number of hydrogen-bond acceptors (Lipinski definition) is 3. The third-order valence-electron chi connectivity index (χ3n) is 2.81. The predicted molar refractivity (Wildman–Crippen MR) is 55.2 cm³/mol. The van der Waals surface area contributed by atoms with Crippen molar-refractivity contribution < 1.29 is 22.7 Å². The Balaban J connectivity index is 2.26. The molecule has 0 aromatic heterocycles. The number of alkyl halides is 3. The fourth-order valence-electron chi connectivity index (χ4n) is 1.79. The lowest BCUT2D eigenvalue weighted by molar-refractivity contribution is -0.177. The highest BCUT2D eigenvalue weighted by Gasteiger charge is 2.30. The van der Waals surface area contributed by atoms with E-state index in [1.54, 1.807) is 0 Å². The molecular weight excluding hydrogens is 237 g/mol. The highest BCUT2D eigenvalue weighted by atomic mass is 19.4. The van der Waals surface area contributed by atoms with E-state index in [9.17, 15) is 18.0 Å². The summed E-state index contributed by atoms with van der Waals surface area (Å²) in [5.74, 6) is -0.182. The summed E-state index contributed by atoms with van der Waals surface area (Å²) in [6.45, 7) is 1.000. The van der Waals surface area contributed by atoms with Crippen LogP contribution in [-0.2, 0) is 9.53 Å². The number of ether oxygens (including phenoxy) is 1. The number of rotatable bonds is 4. The molecule has 0 saturated carbocycles. The van der Waals surface area contributed by atoms with Crippen molar-refractivity contribution in [3.8, 4) is 0 Å². The van der Waals surface area contributed by atoms with Crippen molar-refractivity contribution in [1.82, 2.24) is 4.90 Å². The Bertz CT molecular complexity index is 269. The number of likely N-dealkylation sites (tertiary alicyclic amines) is 1. The van der Waals surface area contributed by atoms with E-state index in [0.29, 0.717) is 13.1 Å². The molecule has 1 aliphatic heterocycles. The summed E-state index contributed by atoms with van der Waals surface area (Å²) in [5.41, 5.74) is 5.70. The van der Waals surface area contributed by atoms with Gasteiger partial charge < -0.3 is 15.4 Å². The normalized spacial score (nSPS) is 22.9. The fraction of sp³-hybridized carbons (Fsp3) is 0.900. The molecule has 17 heavy (non-hydrogen) atoms. The van der Waals surface area contributed by atoms with Crippen LogP contribution < -0.4 is 5.73 Å². The van der Waals surface area contributed by atoms with Crippen LogP contribution in [0.2, 0.25) is 0 Å². The van der Waals surface area contributed by atoms with Gasteiger partial charge in [0, 0.05) is 19.1 Å². The second kappa shape index (κ2) is 5.68. The van der Waals surface area contributed by atoms with Gasteiger partial charge >= 0.3 is 6.18 Å². The van der Waals surface area contributed by atoms with E-state index < -0.39 is 25.3 Å². The minimum atomic E-state index is -4.39. The first-order chi connectivity index (χ1) is 7.79. The molecule has 0 aliphatic carbocycles. The van der Waals surface area contributed by atoms with Crippen LogP contribution in [0.5, 0.6) is 0 Å². The Morgan fingerprint density at radius 2 is 2.24 bits per heavy atom. The van der Waals surface area contributed by atoms with E-state index in [1.807, 2.05) is 6.92 Å². The Morgan fingerprint density at radius 1 is 1.59 bits per heavy atom. The van der Waals surface area contributed by atoms with Gasteiger partial charge in [0.25, 0.3) is 0 Å². The van der Waals surface area contributed by atoms with Gasteiger partial charge in [-0.2, -0.15) is 13.2 Å². The molecule has 0 aromatic rings. The van der Waals surface area contributed by atoms with Crippen molar-refractivity contribution in [3.63, 3.8) is 0 Å². The summed E-state index contributed by atoms with van der Waals surface area (Å²) in [6, 6.07) is -0.0103. The summed E-state index contributed by atoms with van der Waals surface area (Å²) in [5, 5.41) is 0. The molecule has 1 amide bonds. The van der Waals surface area contributed by atoms with E-state index >= 15 is 0 Å². The van der Waals surface area contributed by atoms with Crippen LogP contribution in [0.25, 0.3) is 0 Å². The standard InChI is InChI=1S/C10H17F3N2O2/c1-7(14)8-2-3-15(4-8)9(16)5-17-6-10(11,12)13/h7-8H,2-6,14H2,1H3. The molecule has 1 fully saturated rings. The lowest BCUT2D eigenvalue weighted by Gasteiger charge is -2.18. The number of amides is 1. The van der Waals surface area contributed by atoms with Crippen molar-refractivity contribution in [1.29, 1.82) is 0 Å². The Kier molecular flexibility index (Phi) is 4.76. The Morgan fingerprint density at radius 3 is 2.71 bits per heavy atom.